The van der Waals surface area contributed by atoms with Gasteiger partial charge in [-0.05, 0) is 36.4 Å². The molecule has 2 aromatic carbocycles. The molecule has 2 heterocycles. The normalized spacial score (nSPS) is 10.9. The highest BCUT2D eigenvalue weighted by molar-refractivity contribution is 9.10. The second-order valence-corrected chi connectivity index (χ2v) is 7.78. The third kappa shape index (κ3) is 3.27. The number of hydrogen-bond acceptors (Lipinski definition) is 4. The van der Waals surface area contributed by atoms with Crippen molar-refractivity contribution in [3.8, 4) is 5.69 Å². The number of thiophene rings is 1. The van der Waals surface area contributed by atoms with Gasteiger partial charge < -0.3 is 11.1 Å². The van der Waals surface area contributed by atoms with Crippen molar-refractivity contribution in [1.29, 1.82) is 0 Å². The lowest BCUT2D eigenvalue weighted by Crippen LogP contribution is -2.16. The molecular formula is C20H14BrN3O2S. The first-order valence-corrected chi connectivity index (χ1v) is 9.72. The van der Waals surface area contributed by atoms with Crippen LogP contribution in [0.5, 0.6) is 0 Å². The lowest BCUT2D eigenvalue weighted by molar-refractivity contribution is 0.100. The van der Waals surface area contributed by atoms with Gasteiger partial charge in [-0.25, -0.2) is 0 Å². The van der Waals surface area contributed by atoms with Gasteiger partial charge in [0.05, 0.1) is 11.4 Å². The van der Waals surface area contributed by atoms with Gasteiger partial charge in [0.1, 0.15) is 9.71 Å². The number of nitrogens with two attached hydrogens (primary N) is 1. The highest BCUT2D eigenvalue weighted by Crippen LogP contribution is 2.37. The Bertz CT molecular complexity index is 1220. The minimum atomic E-state index is -0.541. The van der Waals surface area contributed by atoms with Crippen molar-refractivity contribution in [2.24, 2.45) is 5.73 Å². The van der Waals surface area contributed by atoms with E-state index in [1.807, 2.05) is 54.6 Å². The number of amides is 1. The third-order valence-corrected chi connectivity index (χ3v) is 5.77. The van der Waals surface area contributed by atoms with Crippen LogP contribution in [0.2, 0.25) is 0 Å². The summed E-state index contributed by atoms with van der Waals surface area (Å²) in [6.07, 6.45) is 0. The highest BCUT2D eigenvalue weighted by Gasteiger charge is 2.20. The number of benzene rings is 2. The van der Waals surface area contributed by atoms with E-state index in [1.165, 1.54) is 17.4 Å². The van der Waals surface area contributed by atoms with E-state index in [9.17, 15) is 9.59 Å². The quantitative estimate of drug-likeness (QED) is 0.485. The number of nitrogens with zero attached hydrogens (tertiary/aromatic N) is 1. The van der Waals surface area contributed by atoms with E-state index in [0.29, 0.717) is 15.4 Å². The number of hydrogen-bond donors (Lipinski definition) is 2. The van der Waals surface area contributed by atoms with Crippen molar-refractivity contribution in [2.45, 2.75) is 0 Å². The SMILES string of the molecule is NC(=O)c1sc2c(ccc(=O)n2-c2ccccc2)c1Nc1cccc(Br)c1. The van der Waals surface area contributed by atoms with Gasteiger partial charge in [-0.1, -0.05) is 40.2 Å². The van der Waals surface area contributed by atoms with Gasteiger partial charge in [0.2, 0.25) is 0 Å². The molecule has 0 unspecified atom stereocenters. The summed E-state index contributed by atoms with van der Waals surface area (Å²) < 4.78 is 2.51. The number of carbonyl (C=O) groups excluding carboxylic acids is 1. The maximum atomic E-state index is 12.6. The van der Waals surface area contributed by atoms with Crippen LogP contribution in [-0.2, 0) is 0 Å². The van der Waals surface area contributed by atoms with Crippen LogP contribution in [0.1, 0.15) is 9.67 Å². The number of para-hydroxylation sites is 1. The van der Waals surface area contributed by atoms with Gasteiger partial charge >= 0.3 is 0 Å². The smallest absolute Gasteiger partial charge is 0.261 e. The summed E-state index contributed by atoms with van der Waals surface area (Å²) in [5.41, 5.74) is 7.60. The minimum Gasteiger partial charge on any atom is -0.365 e. The Balaban J connectivity index is 1.98. The van der Waals surface area contributed by atoms with Crippen LogP contribution < -0.4 is 16.6 Å². The summed E-state index contributed by atoms with van der Waals surface area (Å²) in [7, 11) is 0. The molecule has 4 aromatic rings. The molecule has 0 aliphatic heterocycles. The van der Waals surface area contributed by atoms with E-state index in [-0.39, 0.29) is 5.56 Å². The molecule has 2 aromatic heterocycles. The van der Waals surface area contributed by atoms with Crippen molar-refractivity contribution >= 4 is 54.8 Å². The molecule has 134 valence electrons. The van der Waals surface area contributed by atoms with Crippen LogP contribution in [0.4, 0.5) is 11.4 Å². The van der Waals surface area contributed by atoms with Gasteiger partial charge in [0.25, 0.3) is 11.5 Å². The molecule has 0 atom stereocenters. The van der Waals surface area contributed by atoms with Gasteiger partial charge in [0, 0.05) is 21.6 Å². The number of primary amides is 1. The van der Waals surface area contributed by atoms with Crippen molar-refractivity contribution in [1.82, 2.24) is 4.57 Å². The van der Waals surface area contributed by atoms with Gasteiger partial charge in [-0.3, -0.25) is 14.2 Å². The summed E-state index contributed by atoms with van der Waals surface area (Å²) in [4.78, 5) is 25.7. The van der Waals surface area contributed by atoms with Gasteiger partial charge in [-0.2, -0.15) is 0 Å². The second kappa shape index (κ2) is 7.02. The molecule has 0 saturated carbocycles. The van der Waals surface area contributed by atoms with Crippen LogP contribution in [-0.4, -0.2) is 10.5 Å². The molecule has 0 bridgehead atoms. The minimum absolute atomic E-state index is 0.167. The maximum absolute atomic E-state index is 12.6. The van der Waals surface area contributed by atoms with E-state index < -0.39 is 5.91 Å². The highest BCUT2D eigenvalue weighted by atomic mass is 79.9. The molecule has 5 nitrogen and oxygen atoms in total. The molecular weight excluding hydrogens is 426 g/mol. The number of carbonyl (C=O) groups is 1. The number of halogens is 1. The van der Waals surface area contributed by atoms with Crippen LogP contribution >= 0.6 is 27.3 Å². The number of pyridine rings is 1. The van der Waals surface area contributed by atoms with Crippen molar-refractivity contribution < 1.29 is 4.79 Å². The van der Waals surface area contributed by atoms with Crippen molar-refractivity contribution in [2.75, 3.05) is 5.32 Å². The Morgan fingerprint density at radius 2 is 1.81 bits per heavy atom. The van der Waals surface area contributed by atoms with Crippen LogP contribution in [0, 0.1) is 0 Å². The molecule has 7 heteroatoms. The van der Waals surface area contributed by atoms with E-state index in [0.717, 1.165) is 21.2 Å². The molecule has 0 saturated heterocycles. The number of rotatable bonds is 4. The predicted molar refractivity (Wildman–Crippen MR) is 113 cm³/mol. The number of anilines is 2. The zero-order chi connectivity index (χ0) is 19.0. The topological polar surface area (TPSA) is 77.1 Å². The zero-order valence-corrected chi connectivity index (χ0v) is 16.4. The molecule has 0 aliphatic rings. The predicted octanol–water partition coefficient (Wildman–Crippen LogP) is 4.66. The van der Waals surface area contributed by atoms with Crippen LogP contribution in [0.25, 0.3) is 15.9 Å². The van der Waals surface area contributed by atoms with Crippen LogP contribution in [0.15, 0.2) is 76.0 Å². The summed E-state index contributed by atoms with van der Waals surface area (Å²) in [5.74, 6) is -0.541. The largest absolute Gasteiger partial charge is 0.365 e. The first-order chi connectivity index (χ1) is 13.0. The summed E-state index contributed by atoms with van der Waals surface area (Å²) in [5, 5.41) is 4.04. The average Bonchev–Trinajstić information content (AvgIpc) is 3.01. The Morgan fingerprint density at radius 1 is 1.04 bits per heavy atom. The molecule has 4 rings (SSSR count). The van der Waals surface area contributed by atoms with Crippen LogP contribution in [0.3, 0.4) is 0 Å². The molecule has 0 aliphatic carbocycles. The molecule has 0 spiro atoms. The van der Waals surface area contributed by atoms with E-state index >= 15 is 0 Å². The molecule has 0 fully saturated rings. The van der Waals surface area contributed by atoms with Gasteiger partial charge in [0.15, 0.2) is 0 Å². The standard InChI is InChI=1S/C20H14BrN3O2S/c21-12-5-4-6-13(11-12)23-17-15-9-10-16(25)24(14-7-2-1-3-8-14)20(15)27-18(17)19(22)26/h1-11,23H,(H2,22,26). The van der Waals surface area contributed by atoms with Crippen molar-refractivity contribution in [3.63, 3.8) is 0 Å². The van der Waals surface area contributed by atoms with E-state index in [2.05, 4.69) is 21.2 Å². The Morgan fingerprint density at radius 3 is 2.52 bits per heavy atom. The Labute approximate surface area is 167 Å². The summed E-state index contributed by atoms with van der Waals surface area (Å²) >= 11 is 4.65. The molecule has 0 radical (unpaired) electrons. The summed E-state index contributed by atoms with van der Waals surface area (Å²) in [6, 6.07) is 20.2. The van der Waals surface area contributed by atoms with Gasteiger partial charge in [-0.15, -0.1) is 11.3 Å². The van der Waals surface area contributed by atoms with E-state index in [1.54, 1.807) is 10.6 Å². The first-order valence-electron chi connectivity index (χ1n) is 8.11. The third-order valence-electron chi connectivity index (χ3n) is 4.07. The number of nitrogens with one attached hydrogen (secondary N) is 1. The molecule has 3 N–H and O–H groups in total. The Kier molecular flexibility index (Phi) is 4.55. The van der Waals surface area contributed by atoms with E-state index in [4.69, 9.17) is 5.73 Å². The maximum Gasteiger partial charge on any atom is 0.261 e. The summed E-state index contributed by atoms with van der Waals surface area (Å²) in [6.45, 7) is 0. The first kappa shape index (κ1) is 17.5. The molecule has 27 heavy (non-hydrogen) atoms. The lowest BCUT2D eigenvalue weighted by Gasteiger charge is -2.09. The monoisotopic (exact) mass is 439 g/mol. The molecule has 1 amide bonds. The zero-order valence-electron chi connectivity index (χ0n) is 14.0. The number of fused-ring (bicyclic) bond motifs is 1. The number of aromatic nitrogens is 1. The Hall–Kier alpha value is -2.90. The average molecular weight is 440 g/mol. The lowest BCUT2D eigenvalue weighted by atomic mass is 10.2. The fraction of sp³-hybridized carbons (Fsp3) is 0. The fourth-order valence-electron chi connectivity index (χ4n) is 2.91. The second-order valence-electron chi connectivity index (χ2n) is 5.87. The van der Waals surface area contributed by atoms with Crippen molar-refractivity contribution in [3.05, 3.63) is 86.4 Å². The fourth-order valence-corrected chi connectivity index (χ4v) is 4.43.